The smallest absolute Gasteiger partial charge is 0.270 e. The summed E-state index contributed by atoms with van der Waals surface area (Å²) in [6, 6.07) is 0. The summed E-state index contributed by atoms with van der Waals surface area (Å²) in [5.74, 6) is -0.851. The number of nitrogens with zero attached hydrogens (tertiary/aromatic N) is 2. The molecule has 0 unspecified atom stereocenters. The first kappa shape index (κ1) is 12.6. The lowest BCUT2D eigenvalue weighted by molar-refractivity contribution is -0.164. The van der Waals surface area contributed by atoms with Crippen molar-refractivity contribution in [3.05, 3.63) is 12.2 Å². The van der Waals surface area contributed by atoms with Gasteiger partial charge in [-0.25, -0.2) is 10.1 Å². The number of hydrogen-bond donors (Lipinski definition) is 0. The number of hydrogen-bond acceptors (Lipinski definition) is 4. The first-order valence-electron chi connectivity index (χ1n) is 3.84. The quantitative estimate of drug-likeness (QED) is 0.459. The van der Waals surface area contributed by atoms with Crippen molar-refractivity contribution in [1.29, 1.82) is 0 Å². The van der Waals surface area contributed by atoms with Crippen molar-refractivity contribution in [1.82, 2.24) is 10.1 Å². The maximum Gasteiger partial charge on any atom is 0.270 e. The minimum absolute atomic E-state index is 0.426. The standard InChI is InChI=1S/C8H14N2O4/c1-9(13-3)7(11)5-6-8(12)10(2)14-4/h5-6H,1-4H3/b6-5-. The molecule has 0 heterocycles. The number of likely N-dealkylation sites (N-methyl/N-ethyl adjacent to an activating group) is 2. The van der Waals surface area contributed by atoms with Gasteiger partial charge >= 0.3 is 0 Å². The number of carbonyl (C=O) groups is 2. The lowest BCUT2D eigenvalue weighted by Crippen LogP contribution is -2.26. The van der Waals surface area contributed by atoms with Gasteiger partial charge in [-0.05, 0) is 0 Å². The predicted molar refractivity (Wildman–Crippen MR) is 48.7 cm³/mol. The maximum atomic E-state index is 11.1. The lowest BCUT2D eigenvalue weighted by Gasteiger charge is -2.12. The van der Waals surface area contributed by atoms with Crippen molar-refractivity contribution in [2.45, 2.75) is 0 Å². The molecule has 2 amide bonds. The highest BCUT2D eigenvalue weighted by molar-refractivity contribution is 5.95. The zero-order chi connectivity index (χ0) is 11.1. The van der Waals surface area contributed by atoms with Crippen molar-refractivity contribution >= 4 is 11.8 Å². The van der Waals surface area contributed by atoms with Gasteiger partial charge in [-0.3, -0.25) is 19.3 Å². The van der Waals surface area contributed by atoms with Crippen LogP contribution < -0.4 is 0 Å². The molecule has 80 valence electrons. The molecule has 0 fully saturated rings. The van der Waals surface area contributed by atoms with E-state index in [1.54, 1.807) is 0 Å². The van der Waals surface area contributed by atoms with Gasteiger partial charge in [0, 0.05) is 26.2 Å². The normalized spacial score (nSPS) is 10.3. The van der Waals surface area contributed by atoms with E-state index >= 15 is 0 Å². The van der Waals surface area contributed by atoms with Crippen LogP contribution in [-0.2, 0) is 19.3 Å². The SMILES string of the molecule is CON(C)C(=O)/C=C\C(=O)N(C)OC. The van der Waals surface area contributed by atoms with Gasteiger partial charge in [0.15, 0.2) is 0 Å². The molecule has 0 atom stereocenters. The second-order valence-electron chi connectivity index (χ2n) is 2.37. The molecule has 14 heavy (non-hydrogen) atoms. The summed E-state index contributed by atoms with van der Waals surface area (Å²) < 4.78 is 0. The fourth-order valence-corrected chi connectivity index (χ4v) is 0.532. The van der Waals surface area contributed by atoms with Crippen LogP contribution in [-0.4, -0.2) is 50.3 Å². The van der Waals surface area contributed by atoms with Gasteiger partial charge in [0.25, 0.3) is 11.8 Å². The largest absolute Gasteiger partial charge is 0.274 e. The molecule has 0 aromatic rings. The Hall–Kier alpha value is -1.40. The second-order valence-corrected chi connectivity index (χ2v) is 2.37. The molecule has 0 aromatic carbocycles. The zero-order valence-corrected chi connectivity index (χ0v) is 8.68. The molecule has 0 saturated heterocycles. The molecule has 0 aliphatic rings. The van der Waals surface area contributed by atoms with Crippen molar-refractivity contribution in [3.8, 4) is 0 Å². The number of rotatable bonds is 4. The highest BCUT2D eigenvalue weighted by atomic mass is 16.7. The molecule has 0 rings (SSSR count). The number of hydroxylamine groups is 4. The lowest BCUT2D eigenvalue weighted by atomic mass is 10.4. The second kappa shape index (κ2) is 6.11. The van der Waals surface area contributed by atoms with Gasteiger partial charge in [0.05, 0.1) is 14.2 Å². The molecule has 6 nitrogen and oxygen atoms in total. The van der Waals surface area contributed by atoms with E-state index in [0.717, 1.165) is 22.3 Å². The highest BCUT2D eigenvalue weighted by Gasteiger charge is 2.06. The van der Waals surface area contributed by atoms with Crippen LogP contribution in [0.25, 0.3) is 0 Å². The Kier molecular flexibility index (Phi) is 5.50. The predicted octanol–water partition coefficient (Wildman–Crippen LogP) is -0.418. The Labute approximate surface area is 82.6 Å². The van der Waals surface area contributed by atoms with Gasteiger partial charge in [-0.15, -0.1) is 0 Å². The van der Waals surface area contributed by atoms with Crippen LogP contribution >= 0.6 is 0 Å². The third-order valence-corrected chi connectivity index (χ3v) is 1.54. The van der Waals surface area contributed by atoms with E-state index in [4.69, 9.17) is 0 Å². The average molecular weight is 202 g/mol. The van der Waals surface area contributed by atoms with E-state index in [1.807, 2.05) is 0 Å². The van der Waals surface area contributed by atoms with Gasteiger partial charge in [-0.2, -0.15) is 0 Å². The first-order chi connectivity index (χ1) is 6.52. The molecule has 0 N–H and O–H groups in total. The summed E-state index contributed by atoms with van der Waals surface area (Å²) in [4.78, 5) is 31.4. The molecule has 6 heteroatoms. The highest BCUT2D eigenvalue weighted by Crippen LogP contribution is 1.90. The molecular weight excluding hydrogens is 188 g/mol. The summed E-state index contributed by atoms with van der Waals surface area (Å²) >= 11 is 0. The average Bonchev–Trinajstić information content (AvgIpc) is 2.22. The van der Waals surface area contributed by atoms with Crippen LogP contribution in [0.4, 0.5) is 0 Å². The fraction of sp³-hybridized carbons (Fsp3) is 0.500. The van der Waals surface area contributed by atoms with E-state index in [-0.39, 0.29) is 0 Å². The van der Waals surface area contributed by atoms with Crippen molar-refractivity contribution < 1.29 is 19.3 Å². The molecule has 0 bridgehead atoms. The van der Waals surface area contributed by atoms with Crippen molar-refractivity contribution in [2.75, 3.05) is 28.3 Å². The number of carbonyl (C=O) groups excluding carboxylic acids is 2. The van der Waals surface area contributed by atoms with Gasteiger partial charge in [0.2, 0.25) is 0 Å². The Morgan fingerprint density at radius 2 is 1.21 bits per heavy atom. The van der Waals surface area contributed by atoms with E-state index in [0.29, 0.717) is 0 Å². The molecule has 0 saturated carbocycles. The summed E-state index contributed by atoms with van der Waals surface area (Å²) in [5.41, 5.74) is 0. The van der Waals surface area contributed by atoms with Crippen molar-refractivity contribution in [2.24, 2.45) is 0 Å². The monoisotopic (exact) mass is 202 g/mol. The summed E-state index contributed by atoms with van der Waals surface area (Å²) in [6.45, 7) is 0. The third-order valence-electron chi connectivity index (χ3n) is 1.54. The topological polar surface area (TPSA) is 59.1 Å². The number of amides is 2. The van der Waals surface area contributed by atoms with Crippen LogP contribution in [0.1, 0.15) is 0 Å². The van der Waals surface area contributed by atoms with Crippen LogP contribution in [0.15, 0.2) is 12.2 Å². The van der Waals surface area contributed by atoms with Crippen LogP contribution in [0, 0.1) is 0 Å². The Bertz CT molecular complexity index is 215. The van der Waals surface area contributed by atoms with E-state index in [9.17, 15) is 9.59 Å². The molecule has 0 aromatic heterocycles. The Morgan fingerprint density at radius 3 is 1.43 bits per heavy atom. The molecule has 0 aliphatic heterocycles. The van der Waals surface area contributed by atoms with E-state index in [1.165, 1.54) is 28.3 Å². The molecule has 0 aliphatic carbocycles. The summed E-state index contributed by atoms with van der Waals surface area (Å²) in [5, 5.41) is 1.99. The van der Waals surface area contributed by atoms with Crippen molar-refractivity contribution in [3.63, 3.8) is 0 Å². The van der Waals surface area contributed by atoms with E-state index < -0.39 is 11.8 Å². The molecule has 0 radical (unpaired) electrons. The maximum absolute atomic E-state index is 11.1. The summed E-state index contributed by atoms with van der Waals surface area (Å²) in [7, 11) is 5.60. The van der Waals surface area contributed by atoms with Crippen LogP contribution in [0.3, 0.4) is 0 Å². The fourth-order valence-electron chi connectivity index (χ4n) is 0.532. The summed E-state index contributed by atoms with van der Waals surface area (Å²) in [6.07, 6.45) is 2.20. The minimum Gasteiger partial charge on any atom is -0.274 e. The zero-order valence-electron chi connectivity index (χ0n) is 8.68. The minimum atomic E-state index is -0.426. The molecular formula is C8H14N2O4. The van der Waals surface area contributed by atoms with Gasteiger partial charge < -0.3 is 0 Å². The third kappa shape index (κ3) is 4.01. The Balaban J connectivity index is 4.17. The molecule has 0 spiro atoms. The van der Waals surface area contributed by atoms with Crippen LogP contribution in [0.5, 0.6) is 0 Å². The van der Waals surface area contributed by atoms with Crippen LogP contribution in [0.2, 0.25) is 0 Å². The van der Waals surface area contributed by atoms with Gasteiger partial charge in [-0.1, -0.05) is 0 Å². The first-order valence-corrected chi connectivity index (χ1v) is 3.84. The van der Waals surface area contributed by atoms with Gasteiger partial charge in [0.1, 0.15) is 0 Å². The Morgan fingerprint density at radius 1 is 0.929 bits per heavy atom. The van der Waals surface area contributed by atoms with E-state index in [2.05, 4.69) is 9.68 Å².